The van der Waals surface area contributed by atoms with Gasteiger partial charge in [0.25, 0.3) is 5.56 Å². The molecule has 118 valence electrons. The Kier molecular flexibility index (Phi) is 3.92. The number of nitrogens with zero attached hydrogens (tertiary/aromatic N) is 3. The van der Waals surface area contributed by atoms with E-state index in [-0.39, 0.29) is 30.4 Å². The minimum absolute atomic E-state index is 0.164. The predicted octanol–water partition coefficient (Wildman–Crippen LogP) is 1.26. The number of aryl methyl sites for hydroxylation is 1. The lowest BCUT2D eigenvalue weighted by Gasteiger charge is -2.09. The van der Waals surface area contributed by atoms with Gasteiger partial charge in [0.2, 0.25) is 5.91 Å². The lowest BCUT2D eigenvalue weighted by atomic mass is 10.2. The summed E-state index contributed by atoms with van der Waals surface area (Å²) in [6.07, 6.45) is 1.75. The summed E-state index contributed by atoms with van der Waals surface area (Å²) in [5, 5.41) is 6.82. The number of hydrogen-bond donors (Lipinski definition) is 1. The van der Waals surface area contributed by atoms with Crippen LogP contribution in [0.3, 0.4) is 0 Å². The van der Waals surface area contributed by atoms with E-state index in [0.29, 0.717) is 11.3 Å². The molecule has 0 radical (unpaired) electrons. The van der Waals surface area contributed by atoms with Gasteiger partial charge in [-0.3, -0.25) is 14.0 Å². The van der Waals surface area contributed by atoms with Crippen LogP contribution in [0.4, 0.5) is 4.39 Å². The average Bonchev–Trinajstić information content (AvgIpc) is 3.02. The highest BCUT2D eigenvalue weighted by molar-refractivity contribution is 5.75. The van der Waals surface area contributed by atoms with Crippen LogP contribution in [-0.2, 0) is 17.9 Å². The molecule has 3 aromatic rings. The van der Waals surface area contributed by atoms with Crippen molar-refractivity contribution in [2.75, 3.05) is 0 Å². The van der Waals surface area contributed by atoms with E-state index < -0.39 is 0 Å². The minimum Gasteiger partial charge on any atom is -0.350 e. The normalized spacial score (nSPS) is 10.9. The van der Waals surface area contributed by atoms with Crippen LogP contribution in [-0.4, -0.2) is 20.1 Å². The highest BCUT2D eigenvalue weighted by atomic mass is 19.1. The van der Waals surface area contributed by atoms with Crippen LogP contribution >= 0.6 is 0 Å². The number of nitrogens with one attached hydrogen (secondary N) is 1. The van der Waals surface area contributed by atoms with Crippen molar-refractivity contribution in [2.24, 2.45) is 0 Å². The molecule has 3 rings (SSSR count). The number of carbonyl (C=O) groups is 1. The molecule has 0 fully saturated rings. The second-order valence-electron chi connectivity index (χ2n) is 5.18. The summed E-state index contributed by atoms with van der Waals surface area (Å²) >= 11 is 0. The summed E-state index contributed by atoms with van der Waals surface area (Å²) in [5.41, 5.74) is 0.930. The van der Waals surface area contributed by atoms with Crippen LogP contribution in [0, 0.1) is 12.7 Å². The lowest BCUT2D eigenvalue weighted by molar-refractivity contribution is -0.122. The van der Waals surface area contributed by atoms with Crippen molar-refractivity contribution in [2.45, 2.75) is 20.0 Å². The molecule has 0 unspecified atom stereocenters. The molecule has 1 aromatic carbocycles. The van der Waals surface area contributed by atoms with E-state index in [2.05, 4.69) is 10.4 Å². The van der Waals surface area contributed by atoms with Gasteiger partial charge in [-0.2, -0.15) is 5.10 Å². The van der Waals surface area contributed by atoms with Crippen molar-refractivity contribution in [1.82, 2.24) is 19.5 Å². The molecule has 0 aliphatic heterocycles. The molecule has 0 saturated heterocycles. The molecular weight excluding hydrogens is 299 g/mol. The maximum Gasteiger partial charge on any atom is 0.291 e. The highest BCUT2D eigenvalue weighted by Gasteiger charge is 2.10. The van der Waals surface area contributed by atoms with Gasteiger partial charge < -0.3 is 5.32 Å². The van der Waals surface area contributed by atoms with Gasteiger partial charge in [0, 0.05) is 12.7 Å². The van der Waals surface area contributed by atoms with Gasteiger partial charge in [-0.15, -0.1) is 0 Å². The standard InChI is InChI=1S/C16H15FN4O2/c1-11-19-21(16(23)14-3-2-8-20(11)14)10-15(22)18-9-12-4-6-13(17)7-5-12/h2-8H,9-10H2,1H3,(H,18,22). The van der Waals surface area contributed by atoms with E-state index in [0.717, 1.165) is 10.2 Å². The minimum atomic E-state index is -0.334. The van der Waals surface area contributed by atoms with Gasteiger partial charge in [0.05, 0.1) is 0 Å². The first-order valence-electron chi connectivity index (χ1n) is 7.10. The third kappa shape index (κ3) is 3.13. The third-order valence-electron chi connectivity index (χ3n) is 3.51. The quantitative estimate of drug-likeness (QED) is 0.788. The Bertz CT molecular complexity index is 912. The molecular formula is C16H15FN4O2. The molecule has 0 bridgehead atoms. The Morgan fingerprint density at radius 3 is 2.74 bits per heavy atom. The molecule has 0 aliphatic rings. The molecule has 2 heterocycles. The zero-order valence-corrected chi connectivity index (χ0v) is 12.5. The molecule has 7 heteroatoms. The molecule has 0 saturated carbocycles. The number of fused-ring (bicyclic) bond motifs is 1. The zero-order valence-electron chi connectivity index (χ0n) is 12.5. The summed E-state index contributed by atoms with van der Waals surface area (Å²) in [4.78, 5) is 24.2. The van der Waals surface area contributed by atoms with Gasteiger partial charge in [-0.05, 0) is 36.8 Å². The van der Waals surface area contributed by atoms with Gasteiger partial charge in [-0.1, -0.05) is 12.1 Å². The number of benzene rings is 1. The van der Waals surface area contributed by atoms with Gasteiger partial charge in [0.1, 0.15) is 23.7 Å². The van der Waals surface area contributed by atoms with Crippen LogP contribution in [0.25, 0.3) is 5.52 Å². The maximum absolute atomic E-state index is 12.8. The zero-order chi connectivity index (χ0) is 16.4. The fourth-order valence-corrected chi connectivity index (χ4v) is 2.34. The Balaban J connectivity index is 1.71. The van der Waals surface area contributed by atoms with E-state index in [1.54, 1.807) is 41.8 Å². The Labute approximate surface area is 131 Å². The molecule has 6 nitrogen and oxygen atoms in total. The van der Waals surface area contributed by atoms with E-state index >= 15 is 0 Å². The molecule has 0 atom stereocenters. The van der Waals surface area contributed by atoms with E-state index in [9.17, 15) is 14.0 Å². The summed E-state index contributed by atoms with van der Waals surface area (Å²) in [7, 11) is 0. The second kappa shape index (κ2) is 6.04. The number of hydrogen-bond acceptors (Lipinski definition) is 3. The fourth-order valence-electron chi connectivity index (χ4n) is 2.34. The topological polar surface area (TPSA) is 68.4 Å². The summed E-state index contributed by atoms with van der Waals surface area (Å²) in [6, 6.07) is 9.29. The first-order chi connectivity index (χ1) is 11.0. The van der Waals surface area contributed by atoms with Crippen LogP contribution in [0.15, 0.2) is 47.4 Å². The largest absolute Gasteiger partial charge is 0.350 e. The first kappa shape index (κ1) is 15.0. The van der Waals surface area contributed by atoms with Crippen molar-refractivity contribution in [1.29, 1.82) is 0 Å². The molecule has 23 heavy (non-hydrogen) atoms. The molecule has 0 aliphatic carbocycles. The summed E-state index contributed by atoms with van der Waals surface area (Å²) < 4.78 is 15.6. The Morgan fingerprint density at radius 2 is 2.00 bits per heavy atom. The van der Waals surface area contributed by atoms with Crippen molar-refractivity contribution in [3.63, 3.8) is 0 Å². The lowest BCUT2D eigenvalue weighted by Crippen LogP contribution is -2.34. The predicted molar refractivity (Wildman–Crippen MR) is 82.4 cm³/mol. The van der Waals surface area contributed by atoms with Crippen molar-refractivity contribution >= 4 is 11.4 Å². The monoisotopic (exact) mass is 314 g/mol. The fraction of sp³-hybridized carbons (Fsp3) is 0.188. The average molecular weight is 314 g/mol. The Hall–Kier alpha value is -2.96. The summed E-state index contributed by atoms with van der Waals surface area (Å²) in [5.74, 6) is -0.0398. The number of amides is 1. The summed E-state index contributed by atoms with van der Waals surface area (Å²) in [6.45, 7) is 1.86. The SMILES string of the molecule is Cc1nn(CC(=O)NCc2ccc(F)cc2)c(=O)c2cccn12. The second-order valence-corrected chi connectivity index (χ2v) is 5.18. The van der Waals surface area contributed by atoms with Crippen LogP contribution in [0.5, 0.6) is 0 Å². The first-order valence-corrected chi connectivity index (χ1v) is 7.10. The molecule has 1 amide bonds. The van der Waals surface area contributed by atoms with Gasteiger partial charge >= 0.3 is 0 Å². The molecule has 1 N–H and O–H groups in total. The van der Waals surface area contributed by atoms with Crippen molar-refractivity contribution in [3.8, 4) is 0 Å². The van der Waals surface area contributed by atoms with Crippen LogP contribution < -0.4 is 10.9 Å². The Morgan fingerprint density at radius 1 is 1.26 bits per heavy atom. The van der Waals surface area contributed by atoms with Crippen LogP contribution in [0.2, 0.25) is 0 Å². The van der Waals surface area contributed by atoms with Crippen molar-refractivity contribution < 1.29 is 9.18 Å². The van der Waals surface area contributed by atoms with Gasteiger partial charge in [-0.25, -0.2) is 9.07 Å². The molecule has 0 spiro atoms. The highest BCUT2D eigenvalue weighted by Crippen LogP contribution is 2.03. The number of halogens is 1. The van der Waals surface area contributed by atoms with Gasteiger partial charge in [0.15, 0.2) is 0 Å². The number of carbonyl (C=O) groups excluding carboxylic acids is 1. The van der Waals surface area contributed by atoms with Crippen LogP contribution in [0.1, 0.15) is 11.4 Å². The number of rotatable bonds is 4. The van der Waals surface area contributed by atoms with E-state index in [1.807, 2.05) is 0 Å². The van der Waals surface area contributed by atoms with E-state index in [4.69, 9.17) is 0 Å². The van der Waals surface area contributed by atoms with E-state index in [1.165, 1.54) is 12.1 Å². The smallest absolute Gasteiger partial charge is 0.291 e. The molecule has 2 aromatic heterocycles. The maximum atomic E-state index is 12.8. The third-order valence-corrected chi connectivity index (χ3v) is 3.51. The van der Waals surface area contributed by atoms with Crippen molar-refractivity contribution in [3.05, 3.63) is 70.2 Å². The number of aromatic nitrogens is 3.